The molecule has 2 aromatic carbocycles. The van der Waals surface area contributed by atoms with Crippen LogP contribution in [0.25, 0.3) is 10.9 Å². The summed E-state index contributed by atoms with van der Waals surface area (Å²) >= 11 is 0. The summed E-state index contributed by atoms with van der Waals surface area (Å²) in [7, 11) is 5.34. The summed E-state index contributed by atoms with van der Waals surface area (Å²) in [5.74, 6) is -0.219. The largest absolute Gasteiger partial charge is 0.484 e. The number of halogens is 1. The van der Waals surface area contributed by atoms with Crippen LogP contribution in [-0.4, -0.2) is 49.3 Å². The monoisotopic (exact) mass is 382 g/mol. The lowest BCUT2D eigenvalue weighted by molar-refractivity contribution is 0.208. The molecule has 0 saturated carbocycles. The minimum atomic E-state index is -0.406. The maximum atomic E-state index is 13.7. The predicted molar refractivity (Wildman–Crippen MR) is 110 cm³/mol. The molecule has 0 bridgehead atoms. The highest BCUT2D eigenvalue weighted by atomic mass is 19.1. The molecule has 1 heterocycles. The van der Waals surface area contributed by atoms with Gasteiger partial charge in [0.2, 0.25) is 0 Å². The summed E-state index contributed by atoms with van der Waals surface area (Å²) in [5, 5.41) is 5.11. The van der Waals surface area contributed by atoms with Crippen molar-refractivity contribution in [3.63, 3.8) is 0 Å². The molecule has 28 heavy (non-hydrogen) atoms. The predicted octanol–water partition coefficient (Wildman–Crippen LogP) is 4.08. The first-order valence-electron chi connectivity index (χ1n) is 8.82. The van der Waals surface area contributed by atoms with Gasteiger partial charge in [0.15, 0.2) is 11.6 Å². The van der Waals surface area contributed by atoms with Gasteiger partial charge in [-0.05, 0) is 36.4 Å². The van der Waals surface area contributed by atoms with Gasteiger partial charge in [-0.3, -0.25) is 0 Å². The first-order valence-corrected chi connectivity index (χ1v) is 8.82. The Kier molecular flexibility index (Phi) is 6.26. The third kappa shape index (κ3) is 4.88. The van der Waals surface area contributed by atoms with Crippen molar-refractivity contribution >= 4 is 28.6 Å². The van der Waals surface area contributed by atoms with E-state index in [-0.39, 0.29) is 12.4 Å². The van der Waals surface area contributed by atoms with Crippen molar-refractivity contribution in [1.82, 2.24) is 9.47 Å². The normalized spacial score (nSPS) is 11.9. The number of aliphatic imine (C=N–C) groups is 1. The molecular formula is C21H23FN4O2. The Morgan fingerprint density at radius 2 is 2.00 bits per heavy atom. The van der Waals surface area contributed by atoms with Crippen LogP contribution >= 0.6 is 0 Å². The second-order valence-corrected chi connectivity index (χ2v) is 6.45. The molecule has 7 heteroatoms. The Hall–Kier alpha value is -3.35. The molecule has 0 saturated heterocycles. The maximum absolute atomic E-state index is 13.7. The fraction of sp³-hybridized carbons (Fsp3) is 0.238. The van der Waals surface area contributed by atoms with Crippen LogP contribution in [0.3, 0.4) is 0 Å². The lowest BCUT2D eigenvalue weighted by Crippen LogP contribution is -2.18. The zero-order valence-corrected chi connectivity index (χ0v) is 16.2. The number of aromatic nitrogens is 1. The molecule has 3 aromatic rings. The smallest absolute Gasteiger partial charge is 0.165 e. The highest BCUT2D eigenvalue weighted by molar-refractivity contribution is 5.89. The van der Waals surface area contributed by atoms with Gasteiger partial charge in [-0.25, -0.2) is 9.38 Å². The lowest BCUT2D eigenvalue weighted by atomic mass is 10.2. The van der Waals surface area contributed by atoms with Crippen LogP contribution in [0, 0.1) is 5.82 Å². The van der Waals surface area contributed by atoms with Crippen molar-refractivity contribution in [2.24, 2.45) is 10.1 Å². The number of hydrogen-bond donors (Lipinski definition) is 0. The van der Waals surface area contributed by atoms with Crippen LogP contribution < -0.4 is 4.74 Å². The third-order valence-electron chi connectivity index (χ3n) is 4.00. The van der Waals surface area contributed by atoms with Crippen molar-refractivity contribution in [3.05, 3.63) is 60.5 Å². The van der Waals surface area contributed by atoms with Gasteiger partial charge in [0, 0.05) is 31.2 Å². The zero-order chi connectivity index (χ0) is 19.9. The van der Waals surface area contributed by atoms with E-state index in [1.807, 2.05) is 54.0 Å². The molecule has 0 N–H and O–H groups in total. The Labute approximate surface area is 163 Å². The molecule has 0 aliphatic heterocycles. The first-order chi connectivity index (χ1) is 13.6. The van der Waals surface area contributed by atoms with Gasteiger partial charge in [-0.15, -0.1) is 0 Å². The second kappa shape index (κ2) is 9.03. The van der Waals surface area contributed by atoms with Crippen LogP contribution in [-0.2, 0) is 11.4 Å². The van der Waals surface area contributed by atoms with E-state index in [4.69, 9.17) is 9.57 Å². The summed E-state index contributed by atoms with van der Waals surface area (Å²) in [4.78, 5) is 11.2. The fourth-order valence-electron chi connectivity index (χ4n) is 2.74. The van der Waals surface area contributed by atoms with E-state index >= 15 is 0 Å². The molecule has 6 nitrogen and oxygen atoms in total. The van der Waals surface area contributed by atoms with Crippen LogP contribution in [0.5, 0.6) is 5.75 Å². The molecular weight excluding hydrogens is 359 g/mol. The summed E-state index contributed by atoms with van der Waals surface area (Å²) in [6.07, 6.45) is 3.74. The van der Waals surface area contributed by atoms with E-state index in [1.54, 1.807) is 24.5 Å². The van der Waals surface area contributed by atoms with E-state index in [0.29, 0.717) is 12.3 Å². The van der Waals surface area contributed by atoms with Crippen molar-refractivity contribution in [2.45, 2.75) is 6.54 Å². The Morgan fingerprint density at radius 1 is 1.18 bits per heavy atom. The quantitative estimate of drug-likeness (QED) is 0.335. The molecule has 0 aliphatic rings. The van der Waals surface area contributed by atoms with E-state index < -0.39 is 5.82 Å². The molecule has 0 atom stereocenters. The molecule has 3 rings (SSSR count). The number of rotatable bonds is 8. The van der Waals surface area contributed by atoms with Gasteiger partial charge in [-0.2, -0.15) is 0 Å². The highest BCUT2D eigenvalue weighted by Gasteiger charge is 2.09. The number of para-hydroxylation sites is 1. The Balaban J connectivity index is 1.75. The number of oxime groups is 1. The SMILES string of the molecule is CO/N=C(\COc1ccccc1F)Cn1ccc2cc(N=CN(C)C)ccc21. The minimum absolute atomic E-state index is 0.125. The van der Waals surface area contributed by atoms with Gasteiger partial charge in [0.25, 0.3) is 0 Å². The molecule has 0 aliphatic carbocycles. The molecule has 146 valence electrons. The van der Waals surface area contributed by atoms with Gasteiger partial charge in [0.05, 0.1) is 18.6 Å². The van der Waals surface area contributed by atoms with Crippen LogP contribution in [0.2, 0.25) is 0 Å². The van der Waals surface area contributed by atoms with E-state index in [0.717, 1.165) is 16.6 Å². The Bertz CT molecular complexity index is 995. The van der Waals surface area contributed by atoms with Crippen molar-refractivity contribution in [2.75, 3.05) is 27.8 Å². The van der Waals surface area contributed by atoms with E-state index in [1.165, 1.54) is 13.2 Å². The lowest BCUT2D eigenvalue weighted by Gasteiger charge is -2.11. The summed E-state index contributed by atoms with van der Waals surface area (Å²) in [5.41, 5.74) is 2.56. The molecule has 0 amide bonds. The van der Waals surface area contributed by atoms with Gasteiger partial charge in [0.1, 0.15) is 19.4 Å². The molecule has 1 aromatic heterocycles. The molecule has 0 radical (unpaired) electrons. The summed E-state index contributed by atoms with van der Waals surface area (Å²) < 4.78 is 21.3. The number of benzene rings is 2. The number of nitrogens with zero attached hydrogens (tertiary/aromatic N) is 4. The first kappa shape index (κ1) is 19.4. The van der Waals surface area contributed by atoms with Crippen molar-refractivity contribution in [3.8, 4) is 5.75 Å². The molecule has 0 unspecified atom stereocenters. The number of ether oxygens (including phenoxy) is 1. The minimum Gasteiger partial charge on any atom is -0.484 e. The van der Waals surface area contributed by atoms with Crippen molar-refractivity contribution in [1.29, 1.82) is 0 Å². The van der Waals surface area contributed by atoms with Crippen LogP contribution in [0.4, 0.5) is 10.1 Å². The van der Waals surface area contributed by atoms with E-state index in [9.17, 15) is 4.39 Å². The fourth-order valence-corrected chi connectivity index (χ4v) is 2.74. The second-order valence-electron chi connectivity index (χ2n) is 6.45. The molecule has 0 fully saturated rings. The highest BCUT2D eigenvalue weighted by Crippen LogP contribution is 2.22. The standard InChI is InChI=1S/C21H23FN4O2/c1-25(2)15-23-17-8-9-20-16(12-17)10-11-26(20)13-18(24-27-3)14-28-21-7-5-4-6-19(21)22/h4-12,15H,13-14H2,1-3H3/b23-15?,24-18-. The number of fused-ring (bicyclic) bond motifs is 1. The van der Waals surface area contributed by atoms with Gasteiger partial charge >= 0.3 is 0 Å². The van der Waals surface area contributed by atoms with Gasteiger partial charge < -0.3 is 19.0 Å². The Morgan fingerprint density at radius 3 is 2.75 bits per heavy atom. The topological polar surface area (TPSA) is 51.4 Å². The van der Waals surface area contributed by atoms with E-state index in [2.05, 4.69) is 10.1 Å². The number of hydrogen-bond acceptors (Lipinski definition) is 4. The van der Waals surface area contributed by atoms with Gasteiger partial charge in [-0.1, -0.05) is 17.3 Å². The maximum Gasteiger partial charge on any atom is 0.165 e. The molecule has 0 spiro atoms. The van der Waals surface area contributed by atoms with Crippen LogP contribution in [0.1, 0.15) is 0 Å². The van der Waals surface area contributed by atoms with Crippen molar-refractivity contribution < 1.29 is 14.0 Å². The third-order valence-corrected chi connectivity index (χ3v) is 4.00. The average Bonchev–Trinajstić information content (AvgIpc) is 3.08. The van der Waals surface area contributed by atoms with Crippen LogP contribution in [0.15, 0.2) is 64.9 Å². The summed E-state index contributed by atoms with van der Waals surface area (Å²) in [6.45, 7) is 0.589. The summed E-state index contributed by atoms with van der Waals surface area (Å²) in [6, 6.07) is 14.3. The average molecular weight is 382 g/mol. The zero-order valence-electron chi connectivity index (χ0n) is 16.2.